The van der Waals surface area contributed by atoms with Gasteiger partial charge in [0.2, 0.25) is 6.79 Å². The van der Waals surface area contributed by atoms with Crippen molar-refractivity contribution in [2.24, 2.45) is 10.7 Å². The number of aromatic hydroxyl groups is 1. The van der Waals surface area contributed by atoms with Crippen LogP contribution >= 0.6 is 0 Å². The average Bonchev–Trinajstić information content (AvgIpc) is 3.45. The summed E-state index contributed by atoms with van der Waals surface area (Å²) >= 11 is 0. The van der Waals surface area contributed by atoms with Crippen LogP contribution in [0.15, 0.2) is 65.7 Å². The summed E-state index contributed by atoms with van der Waals surface area (Å²) in [6.45, 7) is 4.07. The third-order valence-corrected chi connectivity index (χ3v) is 6.39. The number of fused-ring (bicyclic) bond motifs is 2. The average molecular weight is 486 g/mol. The highest BCUT2D eigenvalue weighted by molar-refractivity contribution is 6.13. The van der Waals surface area contributed by atoms with Crippen LogP contribution in [-0.2, 0) is 16.7 Å². The predicted octanol–water partition coefficient (Wildman–Crippen LogP) is 4.95. The van der Waals surface area contributed by atoms with E-state index in [-0.39, 0.29) is 12.7 Å². The van der Waals surface area contributed by atoms with E-state index in [1.807, 2.05) is 56.3 Å². The summed E-state index contributed by atoms with van der Waals surface area (Å²) in [4.78, 5) is 19.4. The smallest absolute Gasteiger partial charge is 0.337 e. The first kappa shape index (κ1) is 23.4. The van der Waals surface area contributed by atoms with E-state index in [0.29, 0.717) is 28.8 Å². The second kappa shape index (κ2) is 9.05. The molecule has 8 nitrogen and oxygen atoms in total. The molecule has 0 amide bonds. The molecule has 0 saturated heterocycles. The van der Waals surface area contributed by atoms with Crippen molar-refractivity contribution in [3.05, 3.63) is 82.9 Å². The lowest BCUT2D eigenvalue weighted by Gasteiger charge is -2.25. The molecule has 0 saturated carbocycles. The van der Waals surface area contributed by atoms with Crippen LogP contribution in [0.3, 0.4) is 0 Å². The van der Waals surface area contributed by atoms with Gasteiger partial charge in [-0.3, -0.25) is 4.99 Å². The summed E-state index contributed by atoms with van der Waals surface area (Å²) in [5.41, 5.74) is 11.1. The standard InChI is InChI=1S/C28H27N3O5/c1-16(25-21-10-5-18(27(33)34-3)13-22(21)31-26(25)32)30-20-8-6-19(7-9-20)28(2,29)14-17-4-11-23-24(12-17)36-15-35-23/h4-13,31-32H,14-15,29H2,1-3H3. The number of ether oxygens (including phenoxy) is 3. The van der Waals surface area contributed by atoms with Crippen LogP contribution in [-0.4, -0.2) is 35.7 Å². The fourth-order valence-corrected chi connectivity index (χ4v) is 4.54. The third-order valence-electron chi connectivity index (χ3n) is 6.39. The predicted molar refractivity (Wildman–Crippen MR) is 137 cm³/mol. The van der Waals surface area contributed by atoms with Crippen LogP contribution in [0.5, 0.6) is 17.4 Å². The number of nitrogens with two attached hydrogens (primary N) is 1. The summed E-state index contributed by atoms with van der Waals surface area (Å²) in [6.07, 6.45) is 0.627. The number of nitrogens with one attached hydrogen (secondary N) is 1. The number of aromatic amines is 1. The fourth-order valence-electron chi connectivity index (χ4n) is 4.54. The van der Waals surface area contributed by atoms with Crippen LogP contribution in [0.2, 0.25) is 0 Å². The van der Waals surface area contributed by atoms with Gasteiger partial charge in [-0.25, -0.2) is 4.79 Å². The second-order valence-corrected chi connectivity index (χ2v) is 9.13. The highest BCUT2D eigenvalue weighted by Crippen LogP contribution is 2.35. The Morgan fingerprint density at radius 1 is 1.11 bits per heavy atom. The second-order valence-electron chi connectivity index (χ2n) is 9.13. The molecule has 1 atom stereocenters. The lowest BCUT2D eigenvalue weighted by Crippen LogP contribution is -2.35. The summed E-state index contributed by atoms with van der Waals surface area (Å²) in [6, 6.07) is 18.7. The highest BCUT2D eigenvalue weighted by Gasteiger charge is 2.23. The maximum atomic E-state index is 11.8. The number of carbonyl (C=O) groups excluding carboxylic acids is 1. The van der Waals surface area contributed by atoms with Crippen molar-refractivity contribution in [1.82, 2.24) is 4.98 Å². The molecule has 2 heterocycles. The third kappa shape index (κ3) is 4.38. The summed E-state index contributed by atoms with van der Waals surface area (Å²) in [7, 11) is 1.33. The molecule has 4 N–H and O–H groups in total. The maximum Gasteiger partial charge on any atom is 0.337 e. The van der Waals surface area contributed by atoms with E-state index in [4.69, 9.17) is 24.9 Å². The summed E-state index contributed by atoms with van der Waals surface area (Å²) in [5.74, 6) is 1.04. The number of methoxy groups -OCH3 is 1. The van der Waals surface area contributed by atoms with Crippen molar-refractivity contribution in [2.75, 3.05) is 13.9 Å². The van der Waals surface area contributed by atoms with Crippen LogP contribution in [0.4, 0.5) is 5.69 Å². The Kier molecular flexibility index (Phi) is 5.89. The van der Waals surface area contributed by atoms with E-state index in [1.54, 1.807) is 18.2 Å². The van der Waals surface area contributed by atoms with Gasteiger partial charge in [0.05, 0.1) is 29.6 Å². The largest absolute Gasteiger partial charge is 0.494 e. The van der Waals surface area contributed by atoms with Crippen LogP contribution in [0, 0.1) is 0 Å². The minimum Gasteiger partial charge on any atom is -0.494 e. The van der Waals surface area contributed by atoms with Crippen LogP contribution in [0.25, 0.3) is 10.9 Å². The number of aliphatic imine (C=N–C) groups is 1. The number of hydrogen-bond donors (Lipinski definition) is 3. The lowest BCUT2D eigenvalue weighted by atomic mass is 9.86. The van der Waals surface area contributed by atoms with Crippen molar-refractivity contribution in [3.63, 3.8) is 0 Å². The number of carbonyl (C=O) groups is 1. The normalized spacial score (nSPS) is 14.6. The molecule has 4 aromatic rings. The molecule has 1 aliphatic rings. The van der Waals surface area contributed by atoms with Crippen molar-refractivity contribution >= 4 is 28.3 Å². The van der Waals surface area contributed by atoms with Gasteiger partial charge in [0.15, 0.2) is 17.4 Å². The Morgan fingerprint density at radius 3 is 2.61 bits per heavy atom. The van der Waals surface area contributed by atoms with Crippen molar-refractivity contribution in [1.29, 1.82) is 0 Å². The van der Waals surface area contributed by atoms with Gasteiger partial charge in [0, 0.05) is 16.4 Å². The maximum absolute atomic E-state index is 11.8. The molecule has 5 rings (SSSR count). The van der Waals surface area contributed by atoms with E-state index in [0.717, 1.165) is 33.7 Å². The molecule has 36 heavy (non-hydrogen) atoms. The van der Waals surface area contributed by atoms with Gasteiger partial charge in [-0.1, -0.05) is 24.3 Å². The van der Waals surface area contributed by atoms with E-state index < -0.39 is 11.5 Å². The Labute approximate surface area is 208 Å². The first-order valence-corrected chi connectivity index (χ1v) is 11.5. The van der Waals surface area contributed by atoms with Crippen molar-refractivity contribution in [3.8, 4) is 17.4 Å². The van der Waals surface area contributed by atoms with E-state index >= 15 is 0 Å². The first-order valence-electron chi connectivity index (χ1n) is 11.5. The molecular weight excluding hydrogens is 458 g/mol. The van der Waals surface area contributed by atoms with Crippen molar-refractivity contribution < 1.29 is 24.1 Å². The van der Waals surface area contributed by atoms with Crippen LogP contribution in [0.1, 0.15) is 40.9 Å². The highest BCUT2D eigenvalue weighted by atomic mass is 16.7. The van der Waals surface area contributed by atoms with Crippen molar-refractivity contribution in [2.45, 2.75) is 25.8 Å². The minimum atomic E-state index is -0.600. The topological polar surface area (TPSA) is 119 Å². The molecule has 1 unspecified atom stereocenters. The molecule has 0 spiro atoms. The zero-order valence-electron chi connectivity index (χ0n) is 20.3. The summed E-state index contributed by atoms with van der Waals surface area (Å²) in [5, 5.41) is 11.3. The molecule has 0 radical (unpaired) electrons. The quantitative estimate of drug-likeness (QED) is 0.263. The molecule has 0 aliphatic carbocycles. The zero-order chi connectivity index (χ0) is 25.4. The van der Waals surface area contributed by atoms with Gasteiger partial charge in [-0.15, -0.1) is 0 Å². The van der Waals surface area contributed by atoms with E-state index in [9.17, 15) is 9.90 Å². The first-order chi connectivity index (χ1) is 17.2. The monoisotopic (exact) mass is 485 g/mol. The van der Waals surface area contributed by atoms with E-state index in [2.05, 4.69) is 4.98 Å². The van der Waals surface area contributed by atoms with Gasteiger partial charge in [-0.2, -0.15) is 0 Å². The number of hydrogen-bond acceptors (Lipinski definition) is 7. The summed E-state index contributed by atoms with van der Waals surface area (Å²) < 4.78 is 15.6. The Hall–Kier alpha value is -4.30. The number of esters is 1. The molecule has 1 aromatic heterocycles. The van der Waals surface area contributed by atoms with Gasteiger partial charge in [-0.05, 0) is 67.8 Å². The molecule has 1 aliphatic heterocycles. The molecule has 184 valence electrons. The number of benzene rings is 3. The molecule has 0 fully saturated rings. The SMILES string of the molecule is COC(=O)c1ccc2c(C(C)=Nc3ccc(C(C)(N)Cc4ccc5c(c4)OCO5)cc3)c(O)[nH]c2c1. The van der Waals surface area contributed by atoms with Gasteiger partial charge in [0.1, 0.15) is 0 Å². The van der Waals surface area contributed by atoms with Crippen LogP contribution < -0.4 is 15.2 Å². The van der Waals surface area contributed by atoms with Gasteiger partial charge < -0.3 is 30.0 Å². The molecule has 3 aromatic carbocycles. The number of rotatable bonds is 6. The zero-order valence-corrected chi connectivity index (χ0v) is 20.3. The molecule has 8 heteroatoms. The Balaban J connectivity index is 1.37. The number of H-pyrrole nitrogens is 1. The Morgan fingerprint density at radius 2 is 1.86 bits per heavy atom. The fraction of sp³-hybridized carbons (Fsp3) is 0.214. The Bertz CT molecular complexity index is 1490. The number of aromatic nitrogens is 1. The lowest BCUT2D eigenvalue weighted by molar-refractivity contribution is 0.0601. The minimum absolute atomic E-state index is 0.0110. The van der Waals surface area contributed by atoms with E-state index in [1.165, 1.54) is 7.11 Å². The van der Waals surface area contributed by atoms with Gasteiger partial charge >= 0.3 is 5.97 Å². The number of nitrogens with zero attached hydrogens (tertiary/aromatic N) is 1. The molecular formula is C28H27N3O5. The van der Waals surface area contributed by atoms with Gasteiger partial charge in [0.25, 0.3) is 0 Å². The molecule has 0 bridgehead atoms.